The molecule has 0 bridgehead atoms. The van der Waals surface area contributed by atoms with Crippen LogP contribution in [0.5, 0.6) is 0 Å². The lowest BCUT2D eigenvalue weighted by Gasteiger charge is -2.42. The lowest BCUT2D eigenvalue weighted by atomic mass is 9.96. The van der Waals surface area contributed by atoms with Crippen molar-refractivity contribution in [3.63, 3.8) is 0 Å². The summed E-state index contributed by atoms with van der Waals surface area (Å²) in [6.07, 6.45) is 2.05. The molecule has 1 heterocycles. The molecule has 2 amide bonds. The van der Waals surface area contributed by atoms with Crippen LogP contribution in [0.1, 0.15) is 39.2 Å². The number of hydrogen-bond acceptors (Lipinski definition) is 2. The van der Waals surface area contributed by atoms with Gasteiger partial charge in [0.2, 0.25) is 11.8 Å². The van der Waals surface area contributed by atoms with Crippen LogP contribution < -0.4 is 5.32 Å². The fraction of sp³-hybridized carbons (Fsp3) is 0.529. The SMILES string of the molecule is CCC1NC(=O)C(Cc2ccccc2)N(C(C)CC)C1=O. The summed E-state index contributed by atoms with van der Waals surface area (Å²) in [6.45, 7) is 5.99. The van der Waals surface area contributed by atoms with Gasteiger partial charge in [-0.3, -0.25) is 9.59 Å². The zero-order chi connectivity index (χ0) is 15.4. The molecule has 1 N–H and O–H groups in total. The van der Waals surface area contributed by atoms with Crippen molar-refractivity contribution in [2.75, 3.05) is 0 Å². The van der Waals surface area contributed by atoms with Gasteiger partial charge in [-0.2, -0.15) is 0 Å². The molecular formula is C17H24N2O2. The Morgan fingerprint density at radius 3 is 2.43 bits per heavy atom. The lowest BCUT2D eigenvalue weighted by molar-refractivity contribution is -0.151. The Bertz CT molecular complexity index is 501. The van der Waals surface area contributed by atoms with Gasteiger partial charge in [-0.05, 0) is 25.3 Å². The van der Waals surface area contributed by atoms with Gasteiger partial charge in [-0.25, -0.2) is 0 Å². The monoisotopic (exact) mass is 288 g/mol. The molecule has 1 aromatic rings. The molecule has 3 unspecified atom stereocenters. The van der Waals surface area contributed by atoms with E-state index in [1.54, 1.807) is 4.90 Å². The van der Waals surface area contributed by atoms with Gasteiger partial charge in [0.05, 0.1) is 0 Å². The van der Waals surface area contributed by atoms with Gasteiger partial charge >= 0.3 is 0 Å². The number of carbonyl (C=O) groups is 2. The van der Waals surface area contributed by atoms with E-state index in [1.165, 1.54) is 0 Å². The van der Waals surface area contributed by atoms with Gasteiger partial charge in [0.25, 0.3) is 0 Å². The molecule has 0 aliphatic carbocycles. The highest BCUT2D eigenvalue weighted by molar-refractivity contribution is 5.97. The van der Waals surface area contributed by atoms with Crippen molar-refractivity contribution < 1.29 is 9.59 Å². The van der Waals surface area contributed by atoms with E-state index in [2.05, 4.69) is 5.32 Å². The third kappa shape index (κ3) is 3.26. The first-order valence-corrected chi connectivity index (χ1v) is 7.74. The van der Waals surface area contributed by atoms with E-state index in [0.717, 1.165) is 12.0 Å². The van der Waals surface area contributed by atoms with E-state index >= 15 is 0 Å². The molecule has 1 aliphatic rings. The van der Waals surface area contributed by atoms with Gasteiger partial charge in [0, 0.05) is 12.5 Å². The van der Waals surface area contributed by atoms with Gasteiger partial charge < -0.3 is 10.2 Å². The molecule has 0 spiro atoms. The first-order valence-electron chi connectivity index (χ1n) is 7.74. The minimum atomic E-state index is -0.405. The Hall–Kier alpha value is -1.84. The molecule has 4 heteroatoms. The van der Waals surface area contributed by atoms with E-state index in [9.17, 15) is 9.59 Å². The van der Waals surface area contributed by atoms with Crippen molar-refractivity contribution in [2.45, 2.75) is 58.2 Å². The highest BCUT2D eigenvalue weighted by Crippen LogP contribution is 2.20. The average molecular weight is 288 g/mol. The third-order valence-electron chi connectivity index (χ3n) is 4.25. The van der Waals surface area contributed by atoms with Crippen LogP contribution in [0.3, 0.4) is 0 Å². The number of hydrogen-bond donors (Lipinski definition) is 1. The Kier molecular flexibility index (Phi) is 4.99. The van der Waals surface area contributed by atoms with Crippen LogP contribution in [-0.4, -0.2) is 34.8 Å². The number of amides is 2. The van der Waals surface area contributed by atoms with Crippen LogP contribution in [0, 0.1) is 0 Å². The predicted molar refractivity (Wildman–Crippen MR) is 82.8 cm³/mol. The lowest BCUT2D eigenvalue weighted by Crippen LogP contribution is -2.65. The molecule has 1 saturated heterocycles. The molecule has 0 saturated carbocycles. The van der Waals surface area contributed by atoms with Crippen molar-refractivity contribution in [2.24, 2.45) is 0 Å². The van der Waals surface area contributed by atoms with Gasteiger partial charge in [0.15, 0.2) is 0 Å². The Labute approximate surface area is 126 Å². The number of piperazine rings is 1. The van der Waals surface area contributed by atoms with E-state index in [0.29, 0.717) is 12.8 Å². The number of rotatable bonds is 5. The fourth-order valence-electron chi connectivity index (χ4n) is 2.82. The molecule has 3 atom stereocenters. The van der Waals surface area contributed by atoms with Crippen LogP contribution in [-0.2, 0) is 16.0 Å². The molecule has 0 radical (unpaired) electrons. The van der Waals surface area contributed by atoms with Crippen LogP contribution in [0.2, 0.25) is 0 Å². The standard InChI is InChI=1S/C17H24N2O2/c1-4-12(3)19-15(11-13-9-7-6-8-10-13)16(20)18-14(5-2)17(19)21/h6-10,12,14-15H,4-5,11H2,1-3H3,(H,18,20). The Morgan fingerprint density at radius 2 is 1.86 bits per heavy atom. The number of carbonyl (C=O) groups excluding carboxylic acids is 2. The van der Waals surface area contributed by atoms with Crippen molar-refractivity contribution in [3.05, 3.63) is 35.9 Å². The zero-order valence-corrected chi connectivity index (χ0v) is 13.0. The molecule has 0 aromatic heterocycles. The summed E-state index contributed by atoms with van der Waals surface area (Å²) in [7, 11) is 0. The van der Waals surface area contributed by atoms with Crippen molar-refractivity contribution >= 4 is 11.8 Å². The number of nitrogens with zero attached hydrogens (tertiary/aromatic N) is 1. The Balaban J connectivity index is 2.27. The quantitative estimate of drug-likeness (QED) is 0.902. The third-order valence-corrected chi connectivity index (χ3v) is 4.25. The van der Waals surface area contributed by atoms with E-state index in [1.807, 2.05) is 51.1 Å². The molecule has 4 nitrogen and oxygen atoms in total. The van der Waals surface area contributed by atoms with Gasteiger partial charge in [0.1, 0.15) is 12.1 Å². The maximum absolute atomic E-state index is 12.6. The van der Waals surface area contributed by atoms with E-state index < -0.39 is 6.04 Å². The van der Waals surface area contributed by atoms with Crippen molar-refractivity contribution in [3.8, 4) is 0 Å². The molecule has 1 fully saturated rings. The summed E-state index contributed by atoms with van der Waals surface area (Å²) >= 11 is 0. The smallest absolute Gasteiger partial charge is 0.246 e. The van der Waals surface area contributed by atoms with Gasteiger partial charge in [-0.1, -0.05) is 44.2 Å². The summed E-state index contributed by atoms with van der Waals surface area (Å²) in [5, 5.41) is 2.86. The second-order valence-electron chi connectivity index (χ2n) is 5.68. The van der Waals surface area contributed by atoms with Crippen LogP contribution >= 0.6 is 0 Å². The maximum Gasteiger partial charge on any atom is 0.246 e. The van der Waals surface area contributed by atoms with Gasteiger partial charge in [-0.15, -0.1) is 0 Å². The molecule has 1 aromatic carbocycles. The highest BCUT2D eigenvalue weighted by Gasteiger charge is 2.41. The minimum absolute atomic E-state index is 0.0365. The van der Waals surface area contributed by atoms with Crippen LogP contribution in [0.25, 0.3) is 0 Å². The zero-order valence-electron chi connectivity index (χ0n) is 13.0. The van der Waals surface area contributed by atoms with E-state index in [-0.39, 0.29) is 23.9 Å². The predicted octanol–water partition coefficient (Wildman–Crippen LogP) is 2.13. The first-order chi connectivity index (χ1) is 10.1. The fourth-order valence-corrected chi connectivity index (χ4v) is 2.82. The van der Waals surface area contributed by atoms with Crippen LogP contribution in [0.15, 0.2) is 30.3 Å². The summed E-state index contributed by atoms with van der Waals surface area (Å²) < 4.78 is 0. The molecule has 114 valence electrons. The van der Waals surface area contributed by atoms with Crippen molar-refractivity contribution in [1.82, 2.24) is 10.2 Å². The normalized spacial score (nSPS) is 23.9. The summed E-state index contributed by atoms with van der Waals surface area (Å²) in [6, 6.07) is 9.16. The first kappa shape index (κ1) is 15.5. The number of benzene rings is 1. The molecule has 2 rings (SSSR count). The summed E-state index contributed by atoms with van der Waals surface area (Å²) in [4.78, 5) is 26.8. The van der Waals surface area contributed by atoms with E-state index in [4.69, 9.17) is 0 Å². The molecular weight excluding hydrogens is 264 g/mol. The average Bonchev–Trinajstić information content (AvgIpc) is 2.51. The second-order valence-corrected chi connectivity index (χ2v) is 5.68. The largest absolute Gasteiger partial charge is 0.343 e. The molecule has 21 heavy (non-hydrogen) atoms. The highest BCUT2D eigenvalue weighted by atomic mass is 16.2. The maximum atomic E-state index is 12.6. The number of nitrogens with one attached hydrogen (secondary N) is 1. The minimum Gasteiger partial charge on any atom is -0.343 e. The Morgan fingerprint density at radius 1 is 1.19 bits per heavy atom. The van der Waals surface area contributed by atoms with Crippen LogP contribution in [0.4, 0.5) is 0 Å². The summed E-state index contributed by atoms with van der Waals surface area (Å²) in [5.41, 5.74) is 1.08. The second kappa shape index (κ2) is 6.74. The van der Waals surface area contributed by atoms with Crippen molar-refractivity contribution in [1.29, 1.82) is 0 Å². The molecule has 1 aliphatic heterocycles. The summed E-state index contributed by atoms with van der Waals surface area (Å²) in [5.74, 6) is 0.0120. The topological polar surface area (TPSA) is 49.4 Å².